The Kier molecular flexibility index (Phi) is 3.75. The largest absolute Gasteiger partial charge is 0.290 e. The molecule has 0 spiro atoms. The lowest BCUT2D eigenvalue weighted by atomic mass is 10.3. The van der Waals surface area contributed by atoms with E-state index in [0.29, 0.717) is 12.2 Å². The quantitative estimate of drug-likeness (QED) is 0.444. The Morgan fingerprint density at radius 3 is 2.86 bits per heavy atom. The van der Waals surface area contributed by atoms with Gasteiger partial charge in [0.05, 0.1) is 11.4 Å². The summed E-state index contributed by atoms with van der Waals surface area (Å²) in [5.74, 6) is 1.36. The van der Waals surface area contributed by atoms with Gasteiger partial charge in [-0.1, -0.05) is 6.08 Å². The van der Waals surface area contributed by atoms with Gasteiger partial charge in [0.25, 0.3) is 0 Å². The minimum absolute atomic E-state index is 0.640. The molecule has 0 atom stereocenters. The molecule has 0 saturated heterocycles. The first-order valence-electron chi connectivity index (χ1n) is 8.61. The molecule has 0 N–H and O–H groups in total. The fourth-order valence-corrected chi connectivity index (χ4v) is 2.97. The van der Waals surface area contributed by atoms with E-state index >= 15 is 0 Å². The first-order chi connectivity index (χ1) is 13.8. The average molecular weight is 369 g/mol. The minimum Gasteiger partial charge on any atom is -0.290 e. The van der Waals surface area contributed by atoms with Crippen molar-refractivity contribution in [2.75, 3.05) is 0 Å². The number of imidazole rings is 3. The maximum absolute atomic E-state index is 4.67. The van der Waals surface area contributed by atoms with Crippen LogP contribution in [0.2, 0.25) is 0 Å². The highest BCUT2D eigenvalue weighted by molar-refractivity contribution is 5.61. The molecule has 136 valence electrons. The number of aromatic nitrogens is 8. The van der Waals surface area contributed by atoms with E-state index in [9.17, 15) is 0 Å². The van der Waals surface area contributed by atoms with Crippen LogP contribution in [0.5, 0.6) is 0 Å². The molecule has 0 aliphatic heterocycles. The topological polar surface area (TPSA) is 90.6 Å². The molecule has 0 aliphatic carbocycles. The molecular formula is C19H15N9. The molecule has 5 aromatic rings. The molecule has 0 fully saturated rings. The summed E-state index contributed by atoms with van der Waals surface area (Å²) >= 11 is 0. The fraction of sp³-hybridized carbons (Fsp3) is 0.0526. The molecule has 0 unspecified atom stereocenters. The van der Waals surface area contributed by atoms with E-state index in [-0.39, 0.29) is 0 Å². The number of rotatable bonds is 5. The molecule has 0 aliphatic rings. The molecule has 0 bridgehead atoms. The average Bonchev–Trinajstić information content (AvgIpc) is 3.44. The third-order valence-electron chi connectivity index (χ3n) is 4.29. The molecule has 5 aromatic heterocycles. The molecule has 28 heavy (non-hydrogen) atoms. The maximum atomic E-state index is 4.67. The number of hydrogen-bond donors (Lipinski definition) is 0. The zero-order valence-electron chi connectivity index (χ0n) is 14.8. The van der Waals surface area contributed by atoms with E-state index in [1.165, 1.54) is 0 Å². The van der Waals surface area contributed by atoms with E-state index in [1.54, 1.807) is 29.6 Å². The van der Waals surface area contributed by atoms with Crippen molar-refractivity contribution >= 4 is 24.2 Å². The van der Waals surface area contributed by atoms with Crippen LogP contribution in [0.4, 0.5) is 0 Å². The Bertz CT molecular complexity index is 1290. The Morgan fingerprint density at radius 1 is 1.00 bits per heavy atom. The summed E-state index contributed by atoms with van der Waals surface area (Å²) in [7, 11) is 0. The van der Waals surface area contributed by atoms with Gasteiger partial charge in [-0.2, -0.15) is 5.10 Å². The summed E-state index contributed by atoms with van der Waals surface area (Å²) in [6.07, 6.45) is 17.2. The standard InChI is InChI=1S/C19H15N9/c1-20-28-9-7-21-17(28)5-2-4-14-11-27-13-23-15(10-18(27)24-14)16-12-26-8-3-6-22-19(26)25-16/h2-3,5-13H,1,4H2/b5-2-. The minimum atomic E-state index is 0.640. The molecule has 9 heteroatoms. The summed E-state index contributed by atoms with van der Waals surface area (Å²) in [6.45, 7) is 3.51. The molecule has 9 nitrogen and oxygen atoms in total. The molecule has 0 radical (unpaired) electrons. The first-order valence-corrected chi connectivity index (χ1v) is 8.61. The van der Waals surface area contributed by atoms with Gasteiger partial charge in [-0.3, -0.25) is 8.80 Å². The van der Waals surface area contributed by atoms with Crippen LogP contribution in [0.3, 0.4) is 0 Å². The zero-order chi connectivity index (χ0) is 18.9. The molecule has 5 rings (SSSR count). The van der Waals surface area contributed by atoms with Crippen molar-refractivity contribution in [3.8, 4) is 11.4 Å². The number of nitrogens with zero attached hydrogens (tertiary/aromatic N) is 9. The van der Waals surface area contributed by atoms with Crippen LogP contribution in [0.1, 0.15) is 11.5 Å². The predicted molar refractivity (Wildman–Crippen MR) is 105 cm³/mol. The van der Waals surface area contributed by atoms with E-state index in [2.05, 4.69) is 36.7 Å². The monoisotopic (exact) mass is 369 g/mol. The molecule has 0 amide bonds. The van der Waals surface area contributed by atoms with E-state index in [0.717, 1.165) is 28.6 Å². The van der Waals surface area contributed by atoms with Gasteiger partial charge in [-0.15, -0.1) is 0 Å². The summed E-state index contributed by atoms with van der Waals surface area (Å²) in [5, 5.41) is 3.86. The van der Waals surface area contributed by atoms with Gasteiger partial charge in [0.1, 0.15) is 17.7 Å². The van der Waals surface area contributed by atoms with Gasteiger partial charge in [0.15, 0.2) is 5.82 Å². The van der Waals surface area contributed by atoms with Crippen LogP contribution in [-0.4, -0.2) is 45.1 Å². The van der Waals surface area contributed by atoms with Gasteiger partial charge in [0.2, 0.25) is 5.78 Å². The van der Waals surface area contributed by atoms with Crippen LogP contribution >= 0.6 is 0 Å². The van der Waals surface area contributed by atoms with Crippen LogP contribution < -0.4 is 0 Å². The molecular weight excluding hydrogens is 354 g/mol. The zero-order valence-corrected chi connectivity index (χ0v) is 14.8. The van der Waals surface area contributed by atoms with Crippen molar-refractivity contribution in [3.63, 3.8) is 0 Å². The van der Waals surface area contributed by atoms with Crippen LogP contribution in [0.15, 0.2) is 66.8 Å². The second-order valence-corrected chi connectivity index (χ2v) is 6.10. The van der Waals surface area contributed by atoms with Crippen molar-refractivity contribution in [2.45, 2.75) is 6.42 Å². The van der Waals surface area contributed by atoms with E-state index < -0.39 is 0 Å². The number of hydrogen-bond acceptors (Lipinski definition) is 6. The second kappa shape index (κ2) is 6.54. The number of fused-ring (bicyclic) bond motifs is 2. The fourth-order valence-electron chi connectivity index (χ4n) is 2.97. The highest BCUT2D eigenvalue weighted by atomic mass is 15.4. The lowest BCUT2D eigenvalue weighted by Crippen LogP contribution is -1.89. The Hall–Kier alpha value is -4.14. The van der Waals surface area contributed by atoms with E-state index in [4.69, 9.17) is 0 Å². The lowest BCUT2D eigenvalue weighted by molar-refractivity contribution is 0.871. The van der Waals surface area contributed by atoms with Crippen molar-refractivity contribution in [1.29, 1.82) is 0 Å². The van der Waals surface area contributed by atoms with Gasteiger partial charge in [-0.25, -0.2) is 29.6 Å². The summed E-state index contributed by atoms with van der Waals surface area (Å²) in [6, 6.07) is 3.78. The smallest absolute Gasteiger partial charge is 0.234 e. The second-order valence-electron chi connectivity index (χ2n) is 6.10. The van der Waals surface area contributed by atoms with Crippen molar-refractivity contribution in [1.82, 2.24) is 38.4 Å². The third-order valence-corrected chi connectivity index (χ3v) is 4.29. The highest BCUT2D eigenvalue weighted by Gasteiger charge is 2.09. The summed E-state index contributed by atoms with van der Waals surface area (Å²) in [4.78, 5) is 22.1. The Labute approximate surface area is 159 Å². The van der Waals surface area contributed by atoms with Gasteiger partial charge >= 0.3 is 0 Å². The maximum Gasteiger partial charge on any atom is 0.234 e. The summed E-state index contributed by atoms with van der Waals surface area (Å²) < 4.78 is 5.37. The van der Waals surface area contributed by atoms with Crippen LogP contribution in [0.25, 0.3) is 28.9 Å². The number of allylic oxidation sites excluding steroid dienone is 1. The van der Waals surface area contributed by atoms with Gasteiger partial charge < -0.3 is 0 Å². The van der Waals surface area contributed by atoms with Crippen molar-refractivity contribution in [2.24, 2.45) is 5.10 Å². The first kappa shape index (κ1) is 16.1. The van der Waals surface area contributed by atoms with Crippen molar-refractivity contribution < 1.29 is 0 Å². The Balaban J connectivity index is 1.41. The van der Waals surface area contributed by atoms with E-state index in [1.807, 2.05) is 51.7 Å². The lowest BCUT2D eigenvalue weighted by Gasteiger charge is -1.96. The van der Waals surface area contributed by atoms with Gasteiger partial charge in [-0.05, 0) is 12.1 Å². The molecule has 5 heterocycles. The SMILES string of the molecule is C=Nn1ccnc1/C=C\Cc1cn2cnc(-c3cn4cccnc4n3)cc2n1. The third kappa shape index (κ3) is 2.84. The summed E-state index contributed by atoms with van der Waals surface area (Å²) in [5.41, 5.74) is 3.25. The Morgan fingerprint density at radius 2 is 1.96 bits per heavy atom. The predicted octanol–water partition coefficient (Wildman–Crippen LogP) is 2.36. The highest BCUT2D eigenvalue weighted by Crippen LogP contribution is 2.18. The van der Waals surface area contributed by atoms with Crippen LogP contribution in [0, 0.1) is 0 Å². The molecule has 0 saturated carbocycles. The van der Waals surface area contributed by atoms with Gasteiger partial charge in [0, 0.05) is 56.4 Å². The normalized spacial score (nSPS) is 11.7. The van der Waals surface area contributed by atoms with Crippen LogP contribution in [-0.2, 0) is 6.42 Å². The van der Waals surface area contributed by atoms with Crippen molar-refractivity contribution in [3.05, 3.63) is 73.2 Å². The molecule has 0 aromatic carbocycles.